The van der Waals surface area contributed by atoms with Gasteiger partial charge in [-0.25, -0.2) is 13.1 Å². The van der Waals surface area contributed by atoms with Gasteiger partial charge in [0, 0.05) is 22.2 Å². The molecule has 0 fully saturated rings. The van der Waals surface area contributed by atoms with Crippen LogP contribution in [0.4, 0.5) is 5.69 Å². The SMILES string of the molecule is Cc1cc2occ(CC(=O)Nc3cccc(S(=O)(=O)NC(C)(C)C)c3)c2cc1C. The van der Waals surface area contributed by atoms with E-state index in [4.69, 9.17) is 4.42 Å². The van der Waals surface area contributed by atoms with Crippen molar-refractivity contribution >= 4 is 32.6 Å². The molecule has 2 N–H and O–H groups in total. The quantitative estimate of drug-likeness (QED) is 0.651. The maximum absolute atomic E-state index is 12.5. The van der Waals surface area contributed by atoms with Gasteiger partial charge < -0.3 is 9.73 Å². The van der Waals surface area contributed by atoms with Gasteiger partial charge in [0.15, 0.2) is 0 Å². The summed E-state index contributed by atoms with van der Waals surface area (Å²) in [6.45, 7) is 9.35. The zero-order valence-corrected chi connectivity index (χ0v) is 18.1. The van der Waals surface area contributed by atoms with E-state index < -0.39 is 15.6 Å². The molecule has 29 heavy (non-hydrogen) atoms. The van der Waals surface area contributed by atoms with Crippen LogP contribution in [0.2, 0.25) is 0 Å². The number of carbonyl (C=O) groups is 1. The molecule has 2 aromatic carbocycles. The van der Waals surface area contributed by atoms with Crippen molar-refractivity contribution in [1.29, 1.82) is 0 Å². The number of carbonyl (C=O) groups excluding carboxylic acids is 1. The van der Waals surface area contributed by atoms with Crippen LogP contribution in [0.15, 0.2) is 52.0 Å². The van der Waals surface area contributed by atoms with Gasteiger partial charge in [-0.15, -0.1) is 0 Å². The third-order valence-corrected chi connectivity index (χ3v) is 6.25. The smallest absolute Gasteiger partial charge is 0.241 e. The van der Waals surface area contributed by atoms with Gasteiger partial charge in [0.05, 0.1) is 17.6 Å². The zero-order valence-electron chi connectivity index (χ0n) is 17.3. The Labute approximate surface area is 171 Å². The second kappa shape index (κ2) is 7.65. The number of hydrogen-bond donors (Lipinski definition) is 2. The Bertz CT molecular complexity index is 1170. The van der Waals surface area contributed by atoms with Crippen LogP contribution in [0.25, 0.3) is 11.0 Å². The summed E-state index contributed by atoms with van der Waals surface area (Å²) in [7, 11) is -3.68. The van der Waals surface area contributed by atoms with Crippen LogP contribution in [0.3, 0.4) is 0 Å². The summed E-state index contributed by atoms with van der Waals surface area (Å²) < 4.78 is 33.2. The molecule has 1 amide bonds. The molecule has 3 rings (SSSR count). The van der Waals surface area contributed by atoms with Gasteiger partial charge in [0.1, 0.15) is 5.58 Å². The van der Waals surface area contributed by atoms with Crippen molar-refractivity contribution in [3.63, 3.8) is 0 Å². The van der Waals surface area contributed by atoms with Gasteiger partial charge in [-0.3, -0.25) is 4.79 Å². The molecule has 0 aliphatic carbocycles. The summed E-state index contributed by atoms with van der Waals surface area (Å²) in [5, 5.41) is 3.68. The topological polar surface area (TPSA) is 88.4 Å². The van der Waals surface area contributed by atoms with Crippen molar-refractivity contribution in [2.45, 2.75) is 51.5 Å². The minimum Gasteiger partial charge on any atom is -0.464 e. The molecule has 0 atom stereocenters. The first kappa shape index (κ1) is 21.1. The Morgan fingerprint density at radius 3 is 2.45 bits per heavy atom. The van der Waals surface area contributed by atoms with E-state index in [1.54, 1.807) is 39.2 Å². The summed E-state index contributed by atoms with van der Waals surface area (Å²) in [5.74, 6) is -0.246. The highest BCUT2D eigenvalue weighted by atomic mass is 32.2. The van der Waals surface area contributed by atoms with E-state index in [1.807, 2.05) is 26.0 Å². The van der Waals surface area contributed by atoms with Crippen LogP contribution in [0.1, 0.15) is 37.5 Å². The van der Waals surface area contributed by atoms with Crippen molar-refractivity contribution < 1.29 is 17.6 Å². The van der Waals surface area contributed by atoms with Crippen LogP contribution >= 0.6 is 0 Å². The van der Waals surface area contributed by atoms with Crippen LogP contribution in [0.5, 0.6) is 0 Å². The van der Waals surface area contributed by atoms with Crippen LogP contribution in [0, 0.1) is 13.8 Å². The summed E-state index contributed by atoms with van der Waals surface area (Å²) >= 11 is 0. The molecule has 0 aliphatic heterocycles. The average Bonchev–Trinajstić information content (AvgIpc) is 2.95. The molecule has 0 saturated heterocycles. The van der Waals surface area contributed by atoms with Gasteiger partial charge >= 0.3 is 0 Å². The van der Waals surface area contributed by atoms with E-state index in [1.165, 1.54) is 12.1 Å². The minimum absolute atomic E-state index is 0.102. The standard InChI is InChI=1S/C22H26N2O4S/c1-14-9-19-16(13-28-20(19)10-15(14)2)11-21(25)23-17-7-6-8-18(12-17)29(26,27)24-22(3,4)5/h6-10,12-13,24H,11H2,1-5H3,(H,23,25). The first-order valence-corrected chi connectivity index (χ1v) is 10.8. The van der Waals surface area contributed by atoms with Crippen LogP contribution < -0.4 is 10.0 Å². The Morgan fingerprint density at radius 2 is 1.76 bits per heavy atom. The molecular weight excluding hydrogens is 388 g/mol. The van der Waals surface area contributed by atoms with Gasteiger partial charge in [0.2, 0.25) is 15.9 Å². The van der Waals surface area contributed by atoms with Gasteiger partial charge in [-0.2, -0.15) is 0 Å². The number of fused-ring (bicyclic) bond motifs is 1. The number of anilines is 1. The molecule has 0 spiro atoms. The molecule has 1 heterocycles. The normalized spacial score (nSPS) is 12.3. The lowest BCUT2D eigenvalue weighted by Gasteiger charge is -2.20. The molecule has 0 saturated carbocycles. The Hall–Kier alpha value is -2.64. The number of benzene rings is 2. The molecular formula is C22H26N2O4S. The first-order valence-electron chi connectivity index (χ1n) is 9.36. The van der Waals surface area contributed by atoms with E-state index in [2.05, 4.69) is 10.0 Å². The van der Waals surface area contributed by atoms with Crippen LogP contribution in [-0.4, -0.2) is 19.9 Å². The highest BCUT2D eigenvalue weighted by molar-refractivity contribution is 7.89. The molecule has 0 aliphatic rings. The number of nitrogens with one attached hydrogen (secondary N) is 2. The fourth-order valence-corrected chi connectivity index (χ4v) is 4.52. The molecule has 6 nitrogen and oxygen atoms in total. The second-order valence-corrected chi connectivity index (χ2v) is 9.98. The van der Waals surface area contributed by atoms with Crippen molar-refractivity contribution in [3.8, 4) is 0 Å². The van der Waals surface area contributed by atoms with Gasteiger partial charge in [0.25, 0.3) is 0 Å². The lowest BCUT2D eigenvalue weighted by atomic mass is 10.0. The van der Waals surface area contributed by atoms with E-state index in [0.717, 1.165) is 27.7 Å². The molecule has 3 aromatic rings. The Kier molecular flexibility index (Phi) is 5.56. The summed E-state index contributed by atoms with van der Waals surface area (Å²) in [4.78, 5) is 12.6. The molecule has 154 valence electrons. The Morgan fingerprint density at radius 1 is 1.07 bits per heavy atom. The maximum Gasteiger partial charge on any atom is 0.241 e. The third kappa shape index (κ3) is 5.05. The van der Waals surface area contributed by atoms with Crippen molar-refractivity contribution in [2.75, 3.05) is 5.32 Å². The summed E-state index contributed by atoms with van der Waals surface area (Å²) in [5.41, 5.74) is 3.62. The van der Waals surface area contributed by atoms with E-state index in [-0.39, 0.29) is 17.2 Å². The molecule has 7 heteroatoms. The largest absolute Gasteiger partial charge is 0.464 e. The van der Waals surface area contributed by atoms with Crippen molar-refractivity contribution in [3.05, 3.63) is 59.4 Å². The second-order valence-electron chi connectivity index (χ2n) is 8.30. The predicted molar refractivity (Wildman–Crippen MR) is 115 cm³/mol. The fourth-order valence-electron chi connectivity index (χ4n) is 3.05. The lowest BCUT2D eigenvalue weighted by molar-refractivity contribution is -0.115. The molecule has 1 aromatic heterocycles. The van der Waals surface area contributed by atoms with Crippen molar-refractivity contribution in [2.24, 2.45) is 0 Å². The molecule has 0 radical (unpaired) electrons. The highest BCUT2D eigenvalue weighted by Crippen LogP contribution is 2.25. The van der Waals surface area contributed by atoms with E-state index >= 15 is 0 Å². The highest BCUT2D eigenvalue weighted by Gasteiger charge is 2.22. The molecule has 0 unspecified atom stereocenters. The third-order valence-electron chi connectivity index (χ3n) is 4.49. The van der Waals surface area contributed by atoms with Gasteiger partial charge in [-0.05, 0) is 76.1 Å². The predicted octanol–water partition coefficient (Wildman–Crippen LogP) is 4.31. The van der Waals surface area contributed by atoms with Crippen molar-refractivity contribution in [1.82, 2.24) is 4.72 Å². The number of hydrogen-bond acceptors (Lipinski definition) is 4. The van der Waals surface area contributed by atoms with Crippen LogP contribution in [-0.2, 0) is 21.2 Å². The van der Waals surface area contributed by atoms with E-state index in [0.29, 0.717) is 5.69 Å². The molecule has 0 bridgehead atoms. The summed E-state index contributed by atoms with van der Waals surface area (Å²) in [6, 6.07) is 10.2. The summed E-state index contributed by atoms with van der Waals surface area (Å²) in [6.07, 6.45) is 1.73. The first-order chi connectivity index (χ1) is 13.4. The zero-order chi connectivity index (χ0) is 21.4. The lowest BCUT2D eigenvalue weighted by Crippen LogP contribution is -2.40. The number of sulfonamides is 1. The number of furan rings is 1. The Balaban J connectivity index is 1.78. The van der Waals surface area contributed by atoms with Gasteiger partial charge in [-0.1, -0.05) is 6.07 Å². The minimum atomic E-state index is -3.68. The number of amides is 1. The number of aryl methyl sites for hydroxylation is 2. The average molecular weight is 415 g/mol. The number of rotatable bonds is 5. The maximum atomic E-state index is 12.5. The monoisotopic (exact) mass is 414 g/mol. The van der Waals surface area contributed by atoms with E-state index in [9.17, 15) is 13.2 Å². The fraction of sp³-hybridized carbons (Fsp3) is 0.318.